The van der Waals surface area contributed by atoms with Crippen molar-refractivity contribution in [2.75, 3.05) is 18.5 Å². The number of aryl methyl sites for hydroxylation is 1. The molecule has 126 valence electrons. The van der Waals surface area contributed by atoms with Crippen molar-refractivity contribution in [1.29, 1.82) is 0 Å². The van der Waals surface area contributed by atoms with Crippen molar-refractivity contribution in [3.63, 3.8) is 0 Å². The molecule has 1 amide bonds. The first-order valence-electron chi connectivity index (χ1n) is 8.42. The van der Waals surface area contributed by atoms with Gasteiger partial charge in [-0.25, -0.2) is 0 Å². The molecular formula is C20H23NO3. The topological polar surface area (TPSA) is 47.6 Å². The second-order valence-corrected chi connectivity index (χ2v) is 5.98. The Kier molecular flexibility index (Phi) is 4.74. The highest BCUT2D eigenvalue weighted by Crippen LogP contribution is 2.37. The Morgan fingerprint density at radius 3 is 2.50 bits per heavy atom. The second-order valence-electron chi connectivity index (χ2n) is 5.98. The standard InChI is InChI=1S/C20H23NO3/c1-4-23-18-9-7-14(12-19(18)24-5-2)11-16-15-10-13(3)6-8-17(15)21-20(16)22/h6-10,12,16H,4-5,11H2,1-3H3,(H,21,22)/t16-/m0/s1. The van der Waals surface area contributed by atoms with Crippen molar-refractivity contribution in [3.8, 4) is 11.5 Å². The van der Waals surface area contributed by atoms with E-state index in [9.17, 15) is 4.79 Å². The Morgan fingerprint density at radius 2 is 1.75 bits per heavy atom. The Balaban J connectivity index is 1.87. The van der Waals surface area contributed by atoms with E-state index in [4.69, 9.17) is 9.47 Å². The molecule has 1 atom stereocenters. The summed E-state index contributed by atoms with van der Waals surface area (Å²) in [5, 5.41) is 2.97. The van der Waals surface area contributed by atoms with E-state index in [0.29, 0.717) is 19.6 Å². The van der Waals surface area contributed by atoms with E-state index in [-0.39, 0.29) is 11.8 Å². The third-order valence-corrected chi connectivity index (χ3v) is 4.20. The average molecular weight is 325 g/mol. The van der Waals surface area contributed by atoms with Crippen molar-refractivity contribution in [2.24, 2.45) is 0 Å². The molecule has 1 heterocycles. The van der Waals surface area contributed by atoms with E-state index < -0.39 is 0 Å². The first-order chi connectivity index (χ1) is 11.6. The molecule has 1 aliphatic heterocycles. The van der Waals surface area contributed by atoms with Gasteiger partial charge in [0, 0.05) is 5.69 Å². The van der Waals surface area contributed by atoms with Crippen molar-refractivity contribution in [1.82, 2.24) is 0 Å². The van der Waals surface area contributed by atoms with Gasteiger partial charge in [-0.1, -0.05) is 23.8 Å². The summed E-state index contributed by atoms with van der Waals surface area (Å²) >= 11 is 0. The highest BCUT2D eigenvalue weighted by molar-refractivity contribution is 6.03. The van der Waals surface area contributed by atoms with Crippen molar-refractivity contribution < 1.29 is 14.3 Å². The molecule has 0 radical (unpaired) electrons. The number of carbonyl (C=O) groups excluding carboxylic acids is 1. The molecule has 0 unspecified atom stereocenters. The van der Waals surface area contributed by atoms with Crippen LogP contribution in [0.3, 0.4) is 0 Å². The van der Waals surface area contributed by atoms with Gasteiger partial charge in [0.05, 0.1) is 19.1 Å². The van der Waals surface area contributed by atoms with Gasteiger partial charge in [0.25, 0.3) is 0 Å². The van der Waals surface area contributed by atoms with Gasteiger partial charge in [-0.05, 0) is 56.5 Å². The van der Waals surface area contributed by atoms with E-state index >= 15 is 0 Å². The van der Waals surface area contributed by atoms with Crippen LogP contribution >= 0.6 is 0 Å². The Labute approximate surface area is 142 Å². The highest BCUT2D eigenvalue weighted by atomic mass is 16.5. The first-order valence-corrected chi connectivity index (χ1v) is 8.42. The molecule has 0 saturated carbocycles. The molecule has 4 nitrogen and oxygen atoms in total. The third-order valence-electron chi connectivity index (χ3n) is 4.20. The lowest BCUT2D eigenvalue weighted by Gasteiger charge is -2.14. The lowest BCUT2D eigenvalue weighted by molar-refractivity contribution is -0.117. The lowest BCUT2D eigenvalue weighted by Crippen LogP contribution is -2.14. The highest BCUT2D eigenvalue weighted by Gasteiger charge is 2.30. The zero-order chi connectivity index (χ0) is 17.1. The van der Waals surface area contributed by atoms with Crippen molar-refractivity contribution >= 4 is 11.6 Å². The van der Waals surface area contributed by atoms with E-state index in [1.807, 2.05) is 51.1 Å². The number of anilines is 1. The molecular weight excluding hydrogens is 302 g/mol. The van der Waals surface area contributed by atoms with Crippen LogP contribution in [0.5, 0.6) is 11.5 Å². The minimum Gasteiger partial charge on any atom is -0.490 e. The molecule has 3 rings (SSSR count). The van der Waals surface area contributed by atoms with E-state index in [1.165, 1.54) is 0 Å². The Hall–Kier alpha value is -2.49. The molecule has 0 bridgehead atoms. The summed E-state index contributed by atoms with van der Waals surface area (Å²) in [6.45, 7) is 7.12. The van der Waals surface area contributed by atoms with Crippen LogP contribution in [-0.4, -0.2) is 19.1 Å². The maximum Gasteiger partial charge on any atom is 0.232 e. The van der Waals surface area contributed by atoms with Gasteiger partial charge in [-0.15, -0.1) is 0 Å². The van der Waals surface area contributed by atoms with Gasteiger partial charge in [0.2, 0.25) is 5.91 Å². The zero-order valence-corrected chi connectivity index (χ0v) is 14.4. The normalized spacial score (nSPS) is 15.8. The fraction of sp³-hybridized carbons (Fsp3) is 0.350. The number of hydrogen-bond donors (Lipinski definition) is 1. The third kappa shape index (κ3) is 3.23. The van der Waals surface area contributed by atoms with Crippen LogP contribution in [0, 0.1) is 6.92 Å². The maximum absolute atomic E-state index is 12.4. The predicted molar refractivity (Wildman–Crippen MR) is 95.0 cm³/mol. The minimum atomic E-state index is -0.160. The van der Waals surface area contributed by atoms with Gasteiger partial charge in [0.1, 0.15) is 0 Å². The van der Waals surface area contributed by atoms with Crippen LogP contribution in [0.15, 0.2) is 36.4 Å². The fourth-order valence-corrected chi connectivity index (χ4v) is 3.11. The number of benzene rings is 2. The van der Waals surface area contributed by atoms with Gasteiger partial charge < -0.3 is 14.8 Å². The zero-order valence-electron chi connectivity index (χ0n) is 14.4. The summed E-state index contributed by atoms with van der Waals surface area (Å²) < 4.78 is 11.3. The quantitative estimate of drug-likeness (QED) is 0.871. The summed E-state index contributed by atoms with van der Waals surface area (Å²) in [5.74, 6) is 1.38. The molecule has 0 saturated heterocycles. The van der Waals surface area contributed by atoms with Crippen LogP contribution in [-0.2, 0) is 11.2 Å². The number of ether oxygens (including phenoxy) is 2. The molecule has 2 aromatic rings. The molecule has 0 aliphatic carbocycles. The molecule has 0 fully saturated rings. The minimum absolute atomic E-state index is 0.0578. The lowest BCUT2D eigenvalue weighted by atomic mass is 9.92. The molecule has 1 aliphatic rings. The van der Waals surface area contributed by atoms with E-state index in [2.05, 4.69) is 11.4 Å². The summed E-state index contributed by atoms with van der Waals surface area (Å²) in [5.41, 5.74) is 4.23. The maximum atomic E-state index is 12.4. The van der Waals surface area contributed by atoms with E-state index in [0.717, 1.165) is 33.9 Å². The second kappa shape index (κ2) is 6.95. The van der Waals surface area contributed by atoms with Crippen LogP contribution in [0.1, 0.15) is 36.5 Å². The van der Waals surface area contributed by atoms with Gasteiger partial charge >= 0.3 is 0 Å². The van der Waals surface area contributed by atoms with E-state index in [1.54, 1.807) is 0 Å². The summed E-state index contributed by atoms with van der Waals surface area (Å²) in [7, 11) is 0. The summed E-state index contributed by atoms with van der Waals surface area (Å²) in [6, 6.07) is 12.0. The number of fused-ring (bicyclic) bond motifs is 1. The molecule has 24 heavy (non-hydrogen) atoms. The first kappa shape index (κ1) is 16.4. The molecule has 1 N–H and O–H groups in total. The summed E-state index contributed by atoms with van der Waals surface area (Å²) in [6.07, 6.45) is 0.648. The van der Waals surface area contributed by atoms with Crippen molar-refractivity contribution in [2.45, 2.75) is 33.1 Å². The average Bonchev–Trinajstić information content (AvgIpc) is 2.86. The van der Waals surface area contributed by atoms with Crippen LogP contribution < -0.4 is 14.8 Å². The van der Waals surface area contributed by atoms with Crippen LogP contribution in [0.4, 0.5) is 5.69 Å². The number of carbonyl (C=O) groups is 1. The smallest absolute Gasteiger partial charge is 0.232 e. The molecule has 0 aromatic heterocycles. The van der Waals surface area contributed by atoms with Crippen molar-refractivity contribution in [3.05, 3.63) is 53.1 Å². The number of rotatable bonds is 6. The van der Waals surface area contributed by atoms with Gasteiger partial charge in [0.15, 0.2) is 11.5 Å². The fourth-order valence-electron chi connectivity index (χ4n) is 3.11. The summed E-state index contributed by atoms with van der Waals surface area (Å²) in [4.78, 5) is 12.4. The van der Waals surface area contributed by atoms with Crippen LogP contribution in [0.25, 0.3) is 0 Å². The number of hydrogen-bond acceptors (Lipinski definition) is 3. The monoisotopic (exact) mass is 325 g/mol. The number of amides is 1. The Bertz CT molecular complexity index is 755. The molecule has 2 aromatic carbocycles. The van der Waals surface area contributed by atoms with Gasteiger partial charge in [-0.2, -0.15) is 0 Å². The molecule has 0 spiro atoms. The largest absolute Gasteiger partial charge is 0.490 e. The number of nitrogens with one attached hydrogen (secondary N) is 1. The molecule has 4 heteroatoms. The predicted octanol–water partition coefficient (Wildman–Crippen LogP) is 4.07. The Morgan fingerprint density at radius 1 is 1.00 bits per heavy atom. The SMILES string of the molecule is CCOc1ccc(C[C@@H]2C(=O)Nc3ccc(C)cc32)cc1OCC. The van der Waals surface area contributed by atoms with Gasteiger partial charge in [-0.3, -0.25) is 4.79 Å². The van der Waals surface area contributed by atoms with Crippen LogP contribution in [0.2, 0.25) is 0 Å².